The van der Waals surface area contributed by atoms with Gasteiger partial charge in [-0.15, -0.1) is 0 Å². The van der Waals surface area contributed by atoms with E-state index in [2.05, 4.69) is 9.97 Å². The van der Waals surface area contributed by atoms with Gasteiger partial charge in [0.15, 0.2) is 0 Å². The van der Waals surface area contributed by atoms with Crippen molar-refractivity contribution in [1.82, 2.24) is 9.97 Å². The first-order chi connectivity index (χ1) is 6.25. The van der Waals surface area contributed by atoms with Crippen LogP contribution in [-0.4, -0.2) is 23.2 Å². The van der Waals surface area contributed by atoms with Gasteiger partial charge in [0.2, 0.25) is 0 Å². The number of nitrogen functional groups attached to an aromatic ring is 1. The molecule has 0 aromatic carbocycles. The highest BCUT2D eigenvalue weighted by Crippen LogP contribution is 2.22. The monoisotopic (exact) mass is 179 g/mol. The second-order valence-electron chi connectivity index (χ2n) is 3.35. The number of ether oxygens (including phenoxy) is 1. The predicted molar refractivity (Wildman–Crippen MR) is 49.4 cm³/mol. The maximum Gasteiger partial charge on any atom is 0.136 e. The van der Waals surface area contributed by atoms with Crippen LogP contribution in [0.25, 0.3) is 0 Å². The Morgan fingerprint density at radius 1 is 1.54 bits per heavy atom. The topological polar surface area (TPSA) is 61.0 Å². The fourth-order valence-electron chi connectivity index (χ4n) is 1.54. The summed E-state index contributed by atoms with van der Waals surface area (Å²) in [5.74, 6) is 1.71. The second-order valence-corrected chi connectivity index (χ2v) is 3.35. The summed E-state index contributed by atoms with van der Waals surface area (Å²) in [5, 5.41) is 0. The second kappa shape index (κ2) is 3.30. The molecule has 0 saturated carbocycles. The minimum Gasteiger partial charge on any atom is -0.384 e. The normalized spacial score (nSPS) is 22.1. The summed E-state index contributed by atoms with van der Waals surface area (Å²) >= 11 is 0. The number of hydrogen-bond donors (Lipinski definition) is 1. The predicted octanol–water partition coefficient (Wildman–Crippen LogP) is 0.871. The van der Waals surface area contributed by atoms with E-state index in [0.29, 0.717) is 11.7 Å². The number of aryl methyl sites for hydroxylation is 1. The number of rotatable bonds is 1. The number of nitrogens with zero attached hydrogens (tertiary/aromatic N) is 2. The average molecular weight is 179 g/mol. The van der Waals surface area contributed by atoms with Gasteiger partial charge >= 0.3 is 0 Å². The fraction of sp³-hybridized carbons (Fsp3) is 0.556. The molecule has 1 unspecified atom stereocenters. The Kier molecular flexibility index (Phi) is 2.14. The Balaban J connectivity index is 2.28. The van der Waals surface area contributed by atoms with Crippen LogP contribution in [0.1, 0.15) is 23.9 Å². The molecule has 1 saturated heterocycles. The lowest BCUT2D eigenvalue weighted by Crippen LogP contribution is -2.07. The van der Waals surface area contributed by atoms with Crippen molar-refractivity contribution in [3.63, 3.8) is 0 Å². The lowest BCUT2D eigenvalue weighted by molar-refractivity contribution is 0.193. The Hall–Kier alpha value is -1.16. The SMILES string of the molecule is Cc1cc(N)nc(C2CCOC2)n1. The standard InChI is InChI=1S/C9H13N3O/c1-6-4-8(10)12-9(11-6)7-2-3-13-5-7/h4,7H,2-3,5H2,1H3,(H2,10,11,12). The average Bonchev–Trinajstić information content (AvgIpc) is 2.53. The molecule has 2 rings (SSSR count). The zero-order valence-electron chi connectivity index (χ0n) is 7.66. The molecule has 1 fully saturated rings. The van der Waals surface area contributed by atoms with E-state index in [9.17, 15) is 0 Å². The molecule has 1 aromatic heterocycles. The van der Waals surface area contributed by atoms with E-state index in [1.165, 1.54) is 0 Å². The molecule has 0 bridgehead atoms. The van der Waals surface area contributed by atoms with Crippen LogP contribution in [0.2, 0.25) is 0 Å². The highest BCUT2D eigenvalue weighted by molar-refractivity contribution is 5.30. The van der Waals surface area contributed by atoms with Crippen LogP contribution in [0.5, 0.6) is 0 Å². The number of hydrogen-bond acceptors (Lipinski definition) is 4. The molecular formula is C9H13N3O. The van der Waals surface area contributed by atoms with Crippen molar-refractivity contribution in [2.75, 3.05) is 18.9 Å². The van der Waals surface area contributed by atoms with Crippen molar-refractivity contribution in [2.24, 2.45) is 0 Å². The van der Waals surface area contributed by atoms with E-state index >= 15 is 0 Å². The molecule has 4 nitrogen and oxygen atoms in total. The first kappa shape index (κ1) is 8.44. The van der Waals surface area contributed by atoms with Crippen LogP contribution < -0.4 is 5.73 Å². The summed E-state index contributed by atoms with van der Waals surface area (Å²) < 4.78 is 5.27. The zero-order chi connectivity index (χ0) is 9.26. The molecule has 2 heterocycles. The molecule has 13 heavy (non-hydrogen) atoms. The Morgan fingerprint density at radius 3 is 3.00 bits per heavy atom. The van der Waals surface area contributed by atoms with Gasteiger partial charge in [0.05, 0.1) is 6.61 Å². The van der Waals surface area contributed by atoms with E-state index < -0.39 is 0 Å². The van der Waals surface area contributed by atoms with Crippen molar-refractivity contribution < 1.29 is 4.74 Å². The molecule has 0 amide bonds. The van der Waals surface area contributed by atoms with Crippen molar-refractivity contribution in [3.8, 4) is 0 Å². The summed E-state index contributed by atoms with van der Waals surface area (Å²) in [6.45, 7) is 3.46. The van der Waals surface area contributed by atoms with E-state index in [1.807, 2.05) is 6.92 Å². The third-order valence-corrected chi connectivity index (χ3v) is 2.19. The molecule has 2 N–H and O–H groups in total. The van der Waals surface area contributed by atoms with E-state index in [0.717, 1.165) is 31.2 Å². The van der Waals surface area contributed by atoms with Crippen LogP contribution in [0.4, 0.5) is 5.82 Å². The third kappa shape index (κ3) is 1.78. The summed E-state index contributed by atoms with van der Waals surface area (Å²) in [7, 11) is 0. The molecule has 4 heteroatoms. The van der Waals surface area contributed by atoms with Crippen LogP contribution in [0, 0.1) is 6.92 Å². The summed E-state index contributed by atoms with van der Waals surface area (Å²) in [6, 6.07) is 1.78. The highest BCUT2D eigenvalue weighted by Gasteiger charge is 2.20. The largest absolute Gasteiger partial charge is 0.384 e. The minimum atomic E-state index is 0.335. The Labute approximate surface area is 77.1 Å². The third-order valence-electron chi connectivity index (χ3n) is 2.19. The Bertz CT molecular complexity index is 287. The first-order valence-electron chi connectivity index (χ1n) is 4.44. The van der Waals surface area contributed by atoms with Gasteiger partial charge in [-0.3, -0.25) is 0 Å². The lowest BCUT2D eigenvalue weighted by Gasteiger charge is -2.07. The van der Waals surface area contributed by atoms with Gasteiger partial charge in [-0.1, -0.05) is 0 Å². The smallest absolute Gasteiger partial charge is 0.136 e. The molecule has 1 aliphatic heterocycles. The van der Waals surface area contributed by atoms with Gasteiger partial charge in [-0.05, 0) is 13.3 Å². The molecule has 0 radical (unpaired) electrons. The number of aromatic nitrogens is 2. The van der Waals surface area contributed by atoms with Gasteiger partial charge in [-0.25, -0.2) is 9.97 Å². The molecular weight excluding hydrogens is 166 g/mol. The van der Waals surface area contributed by atoms with E-state index in [4.69, 9.17) is 10.5 Å². The van der Waals surface area contributed by atoms with E-state index in [1.54, 1.807) is 6.07 Å². The fourth-order valence-corrected chi connectivity index (χ4v) is 1.54. The van der Waals surface area contributed by atoms with Gasteiger partial charge in [0.1, 0.15) is 11.6 Å². The van der Waals surface area contributed by atoms with Crippen LogP contribution in [0.3, 0.4) is 0 Å². The van der Waals surface area contributed by atoms with E-state index in [-0.39, 0.29) is 0 Å². The molecule has 0 spiro atoms. The zero-order valence-corrected chi connectivity index (χ0v) is 7.66. The number of anilines is 1. The van der Waals surface area contributed by atoms with Gasteiger partial charge in [0, 0.05) is 24.3 Å². The van der Waals surface area contributed by atoms with Gasteiger partial charge in [-0.2, -0.15) is 0 Å². The van der Waals surface area contributed by atoms with Crippen LogP contribution >= 0.6 is 0 Å². The van der Waals surface area contributed by atoms with Crippen molar-refractivity contribution in [2.45, 2.75) is 19.3 Å². The maximum atomic E-state index is 5.64. The maximum absolute atomic E-state index is 5.64. The summed E-state index contributed by atoms with van der Waals surface area (Å²) in [4.78, 5) is 8.55. The van der Waals surface area contributed by atoms with Crippen molar-refractivity contribution in [1.29, 1.82) is 0 Å². The summed E-state index contributed by atoms with van der Waals surface area (Å²) in [5.41, 5.74) is 6.56. The molecule has 1 atom stereocenters. The molecule has 0 aliphatic carbocycles. The molecule has 1 aromatic rings. The van der Waals surface area contributed by atoms with Crippen molar-refractivity contribution in [3.05, 3.63) is 17.6 Å². The quantitative estimate of drug-likeness (QED) is 0.695. The van der Waals surface area contributed by atoms with Crippen LogP contribution in [0.15, 0.2) is 6.07 Å². The highest BCUT2D eigenvalue weighted by atomic mass is 16.5. The van der Waals surface area contributed by atoms with Crippen molar-refractivity contribution >= 4 is 5.82 Å². The first-order valence-corrected chi connectivity index (χ1v) is 4.44. The molecule has 1 aliphatic rings. The lowest BCUT2D eigenvalue weighted by atomic mass is 10.1. The number of nitrogens with two attached hydrogens (primary N) is 1. The van der Waals surface area contributed by atoms with Gasteiger partial charge < -0.3 is 10.5 Å². The van der Waals surface area contributed by atoms with Crippen LogP contribution in [-0.2, 0) is 4.74 Å². The van der Waals surface area contributed by atoms with Gasteiger partial charge in [0.25, 0.3) is 0 Å². The Morgan fingerprint density at radius 2 is 2.38 bits per heavy atom. The molecule has 70 valence electrons. The summed E-state index contributed by atoms with van der Waals surface area (Å²) in [6.07, 6.45) is 1.00. The minimum absolute atomic E-state index is 0.335.